The van der Waals surface area contributed by atoms with Crippen LogP contribution in [-0.4, -0.2) is 37.2 Å². The van der Waals surface area contributed by atoms with Gasteiger partial charge in [0, 0.05) is 11.1 Å². The lowest BCUT2D eigenvalue weighted by Gasteiger charge is -2.08. The minimum atomic E-state index is -0.916. The van der Waals surface area contributed by atoms with Gasteiger partial charge < -0.3 is 5.73 Å². The fourth-order valence-corrected chi connectivity index (χ4v) is 4.69. The van der Waals surface area contributed by atoms with Gasteiger partial charge in [-0.2, -0.15) is 5.26 Å². The Morgan fingerprint density at radius 3 is 2.81 bits per heavy atom. The van der Waals surface area contributed by atoms with Crippen LogP contribution < -0.4 is 5.73 Å². The van der Waals surface area contributed by atoms with E-state index in [1.165, 1.54) is 22.7 Å². The van der Waals surface area contributed by atoms with Crippen LogP contribution >= 0.6 is 34.4 Å². The Morgan fingerprint density at radius 2 is 2.22 bits per heavy atom. The average Bonchev–Trinajstić information content (AvgIpc) is 3.35. The van der Waals surface area contributed by atoms with E-state index in [0.29, 0.717) is 16.0 Å². The Bertz CT molecular complexity index is 1000. The number of thiophene rings is 1. The quantitative estimate of drug-likeness (QED) is 0.556. The predicted molar refractivity (Wildman–Crippen MR) is 103 cm³/mol. The second-order valence-electron chi connectivity index (χ2n) is 5.48. The third kappa shape index (κ3) is 4.41. The molecule has 0 saturated carbocycles. The van der Waals surface area contributed by atoms with Gasteiger partial charge in [0.15, 0.2) is 22.7 Å². The number of carbonyl (C=O) groups excluding carboxylic acids is 2. The van der Waals surface area contributed by atoms with E-state index in [9.17, 15) is 14.9 Å². The maximum Gasteiger partial charge on any atom is 0.237 e. The number of ketones is 1. The van der Waals surface area contributed by atoms with Crippen LogP contribution in [0.15, 0.2) is 28.0 Å². The summed E-state index contributed by atoms with van der Waals surface area (Å²) in [6.07, 6.45) is 0. The number of rotatable bonds is 8. The third-order valence-electron chi connectivity index (χ3n) is 3.45. The second kappa shape index (κ2) is 8.43. The van der Waals surface area contributed by atoms with Gasteiger partial charge in [0.2, 0.25) is 5.91 Å². The lowest BCUT2D eigenvalue weighted by Crippen LogP contribution is -2.20. The molecule has 0 bridgehead atoms. The topological polar surface area (TPSA) is 128 Å². The Morgan fingerprint density at radius 1 is 1.41 bits per heavy atom. The summed E-state index contributed by atoms with van der Waals surface area (Å²) < 4.78 is 1.58. The van der Waals surface area contributed by atoms with Gasteiger partial charge in [0.1, 0.15) is 11.6 Å². The molecule has 0 saturated heterocycles. The minimum absolute atomic E-state index is 0.0121. The van der Waals surface area contributed by atoms with Crippen LogP contribution in [0.4, 0.5) is 0 Å². The van der Waals surface area contributed by atoms with Gasteiger partial charge in [-0.05, 0) is 18.4 Å². The van der Waals surface area contributed by atoms with Gasteiger partial charge in [-0.3, -0.25) is 14.2 Å². The van der Waals surface area contributed by atoms with Crippen molar-refractivity contribution in [1.82, 2.24) is 19.7 Å². The normalized spacial score (nSPS) is 11.9. The van der Waals surface area contributed by atoms with Crippen molar-refractivity contribution in [3.8, 4) is 16.8 Å². The highest BCUT2D eigenvalue weighted by molar-refractivity contribution is 7.99. The fraction of sp³-hybridized carbons (Fsp3) is 0.250. The molecule has 0 fully saturated rings. The molecule has 8 nitrogen and oxygen atoms in total. The average molecular weight is 419 g/mol. The molecule has 1 atom stereocenters. The van der Waals surface area contributed by atoms with E-state index >= 15 is 0 Å². The summed E-state index contributed by atoms with van der Waals surface area (Å²) in [6, 6.07) is 5.74. The molecule has 3 rings (SSSR count). The first kappa shape index (κ1) is 19.2. The van der Waals surface area contributed by atoms with Gasteiger partial charge in [-0.25, -0.2) is 4.98 Å². The molecule has 0 spiro atoms. The fourth-order valence-electron chi connectivity index (χ4n) is 2.27. The molecule has 138 valence electrons. The molecule has 3 aromatic rings. The zero-order chi connectivity index (χ0) is 19.4. The number of hydrogen-bond donors (Lipinski definition) is 1. The Labute approximate surface area is 167 Å². The Hall–Kier alpha value is -2.55. The number of thiazole rings is 1. The van der Waals surface area contributed by atoms with Gasteiger partial charge in [-0.15, -0.1) is 32.9 Å². The van der Waals surface area contributed by atoms with Crippen LogP contribution in [0.5, 0.6) is 0 Å². The van der Waals surface area contributed by atoms with Crippen molar-refractivity contribution in [2.45, 2.75) is 24.5 Å². The summed E-state index contributed by atoms with van der Waals surface area (Å²) in [7, 11) is 0. The SMILES string of the molecule is Cc1csc(C(C#N)C(=O)CSc2nnc(-c3cccs3)n2CC(N)=O)n1. The van der Waals surface area contributed by atoms with Crippen LogP contribution in [0.3, 0.4) is 0 Å². The van der Waals surface area contributed by atoms with E-state index in [0.717, 1.165) is 22.3 Å². The highest BCUT2D eigenvalue weighted by Crippen LogP contribution is 2.28. The number of amides is 1. The summed E-state index contributed by atoms with van der Waals surface area (Å²) in [5.74, 6) is -1.19. The summed E-state index contributed by atoms with van der Waals surface area (Å²) in [4.78, 5) is 29.0. The number of thioether (sulfide) groups is 1. The molecule has 11 heteroatoms. The minimum Gasteiger partial charge on any atom is -0.368 e. The molecule has 0 aliphatic rings. The van der Waals surface area contributed by atoms with Gasteiger partial charge in [0.25, 0.3) is 0 Å². The molecule has 3 aromatic heterocycles. The van der Waals surface area contributed by atoms with Crippen LogP contribution in [0.1, 0.15) is 16.6 Å². The molecule has 0 aliphatic heterocycles. The summed E-state index contributed by atoms with van der Waals surface area (Å²) in [5, 5.41) is 22.1. The first-order valence-corrected chi connectivity index (χ1v) is 10.5. The summed E-state index contributed by atoms with van der Waals surface area (Å²) in [6.45, 7) is 1.72. The van der Waals surface area contributed by atoms with E-state index in [1.807, 2.05) is 30.5 Å². The number of carbonyl (C=O) groups is 2. The highest BCUT2D eigenvalue weighted by atomic mass is 32.2. The van der Waals surface area contributed by atoms with Gasteiger partial charge in [-0.1, -0.05) is 17.8 Å². The zero-order valence-electron chi connectivity index (χ0n) is 14.2. The Kier molecular flexibility index (Phi) is 6.00. The van der Waals surface area contributed by atoms with E-state index in [4.69, 9.17) is 5.73 Å². The molecule has 0 aliphatic carbocycles. The number of primary amides is 1. The second-order valence-corrected chi connectivity index (χ2v) is 8.26. The van der Waals surface area contributed by atoms with E-state index in [1.54, 1.807) is 9.95 Å². The van der Waals surface area contributed by atoms with Gasteiger partial charge >= 0.3 is 0 Å². The Balaban J connectivity index is 1.78. The molecular weight excluding hydrogens is 404 g/mol. The zero-order valence-corrected chi connectivity index (χ0v) is 16.6. The predicted octanol–water partition coefficient (Wildman–Crippen LogP) is 2.23. The van der Waals surface area contributed by atoms with Crippen LogP contribution in [0, 0.1) is 18.3 Å². The largest absolute Gasteiger partial charge is 0.368 e. The van der Waals surface area contributed by atoms with E-state index < -0.39 is 11.8 Å². The first-order valence-electron chi connectivity index (χ1n) is 7.72. The number of nitrogens with two attached hydrogens (primary N) is 1. The molecule has 1 amide bonds. The lowest BCUT2D eigenvalue weighted by molar-refractivity contribution is -0.118. The summed E-state index contributed by atoms with van der Waals surface area (Å²) in [5.41, 5.74) is 6.12. The molecular formula is C16H14N6O2S3. The van der Waals surface area contributed by atoms with Crippen molar-refractivity contribution >= 4 is 46.1 Å². The van der Waals surface area contributed by atoms with Crippen molar-refractivity contribution in [3.05, 3.63) is 33.6 Å². The number of nitrogens with zero attached hydrogens (tertiary/aromatic N) is 5. The van der Waals surface area contributed by atoms with Crippen LogP contribution in [0.2, 0.25) is 0 Å². The molecule has 1 unspecified atom stereocenters. The number of aryl methyl sites for hydroxylation is 1. The van der Waals surface area contributed by atoms with Crippen molar-refractivity contribution < 1.29 is 9.59 Å². The van der Waals surface area contributed by atoms with Crippen molar-refractivity contribution in [3.63, 3.8) is 0 Å². The van der Waals surface area contributed by atoms with Gasteiger partial charge in [0.05, 0.1) is 16.7 Å². The molecule has 0 radical (unpaired) electrons. The highest BCUT2D eigenvalue weighted by Gasteiger charge is 2.25. The lowest BCUT2D eigenvalue weighted by atomic mass is 10.1. The van der Waals surface area contributed by atoms with E-state index in [2.05, 4.69) is 15.2 Å². The maximum atomic E-state index is 12.5. The number of Topliss-reactive ketones (excluding diaryl/α,β-unsaturated/α-hetero) is 1. The molecule has 2 N–H and O–H groups in total. The maximum absolute atomic E-state index is 12.5. The summed E-state index contributed by atoms with van der Waals surface area (Å²) >= 11 is 3.87. The molecule has 27 heavy (non-hydrogen) atoms. The smallest absolute Gasteiger partial charge is 0.237 e. The standard InChI is InChI=1S/C16H14N6O2S3/c1-9-7-26-15(19-9)10(5-17)11(23)8-27-16-21-20-14(12-3-2-4-25-12)22(16)6-13(18)24/h2-4,7,10H,6,8H2,1H3,(H2,18,24). The molecule has 0 aromatic carbocycles. The monoisotopic (exact) mass is 418 g/mol. The van der Waals surface area contributed by atoms with Crippen LogP contribution in [-0.2, 0) is 16.1 Å². The third-order valence-corrected chi connectivity index (χ3v) is 6.33. The number of aromatic nitrogens is 4. The number of hydrogen-bond acceptors (Lipinski definition) is 9. The van der Waals surface area contributed by atoms with Crippen molar-refractivity contribution in [2.24, 2.45) is 5.73 Å². The molecule has 3 heterocycles. The van der Waals surface area contributed by atoms with E-state index in [-0.39, 0.29) is 18.1 Å². The van der Waals surface area contributed by atoms with Crippen molar-refractivity contribution in [2.75, 3.05) is 5.75 Å². The van der Waals surface area contributed by atoms with Crippen molar-refractivity contribution in [1.29, 1.82) is 5.26 Å². The van der Waals surface area contributed by atoms with Crippen LogP contribution in [0.25, 0.3) is 10.7 Å². The number of nitriles is 1. The first-order chi connectivity index (χ1) is 13.0.